The fourth-order valence-corrected chi connectivity index (χ4v) is 16.1. The van der Waals surface area contributed by atoms with Crippen LogP contribution in [0.3, 0.4) is 0 Å². The molecule has 0 atom stereocenters. The van der Waals surface area contributed by atoms with Crippen molar-refractivity contribution in [2.45, 2.75) is 85.1 Å². The Kier molecular flexibility index (Phi) is 9.66. The first-order valence-corrected chi connectivity index (χ1v) is 25.7. The van der Waals surface area contributed by atoms with E-state index in [0.717, 1.165) is 19.0 Å². The van der Waals surface area contributed by atoms with Crippen molar-refractivity contribution in [2.75, 3.05) is 16.5 Å². The molecule has 9 aromatic rings. The standard InChI is InChI=1S/C61H60N4Si/c1-59(2,3)42-27-30-52-51(35-42)48-29-28-46(38-55(48)65(52)58-36-43(31-32-62-58)60(4,5)6)66(56-25-17-13-21-49(56)50-22-14-18-26-57(50)66)47-34-44(61(7,8)9)33-45(37-47)64-40-63(39-41-19-11-10-12-20-41)53-23-15-16-24-54(53)64/h10-38H,39-40H2,1-9H3. The van der Waals surface area contributed by atoms with Crippen LogP contribution in [0.5, 0.6) is 0 Å². The lowest BCUT2D eigenvalue weighted by Gasteiger charge is -2.34. The molecule has 66 heavy (non-hydrogen) atoms. The second kappa shape index (κ2) is 15.2. The molecule has 0 saturated heterocycles. The quantitative estimate of drug-likeness (QED) is 0.156. The van der Waals surface area contributed by atoms with Gasteiger partial charge in [-0.05, 0) is 125 Å². The Morgan fingerprint density at radius 2 is 1.11 bits per heavy atom. The van der Waals surface area contributed by atoms with E-state index in [1.54, 1.807) is 0 Å². The molecule has 0 aliphatic carbocycles. The molecule has 4 nitrogen and oxygen atoms in total. The molecule has 0 saturated carbocycles. The van der Waals surface area contributed by atoms with Crippen LogP contribution in [0.1, 0.15) is 84.6 Å². The molecule has 7 aromatic carbocycles. The number of benzene rings is 7. The zero-order valence-electron chi connectivity index (χ0n) is 39.9. The van der Waals surface area contributed by atoms with E-state index in [1.807, 2.05) is 6.20 Å². The number of nitrogens with zero attached hydrogens (tertiary/aromatic N) is 4. The summed E-state index contributed by atoms with van der Waals surface area (Å²) >= 11 is 0. The highest BCUT2D eigenvalue weighted by Gasteiger charge is 2.49. The molecule has 0 bridgehead atoms. The van der Waals surface area contributed by atoms with Crippen molar-refractivity contribution in [1.82, 2.24) is 9.55 Å². The second-order valence-electron chi connectivity index (χ2n) is 21.8. The maximum atomic E-state index is 5.15. The Morgan fingerprint density at radius 3 is 1.79 bits per heavy atom. The summed E-state index contributed by atoms with van der Waals surface area (Å²) in [6.07, 6.45) is 2.00. The third kappa shape index (κ3) is 6.73. The Hall–Kier alpha value is -6.69. The first kappa shape index (κ1) is 42.0. The van der Waals surface area contributed by atoms with Crippen molar-refractivity contribution in [2.24, 2.45) is 0 Å². The Labute approximate surface area is 392 Å². The van der Waals surface area contributed by atoms with Crippen molar-refractivity contribution >= 4 is 67.7 Å². The molecule has 2 aliphatic heterocycles. The SMILES string of the molecule is CC(C)(C)c1cc(N2CN(Cc3ccccc3)c3ccccc32)cc([Si]2(c3ccc4c5cc(C(C)(C)C)ccc5n(-c5cc(C(C)(C)C)ccn5)c4c3)c3ccccc3-c3ccccc32)c1. The number of rotatable bonds is 6. The van der Waals surface area contributed by atoms with Crippen LogP contribution in [0.15, 0.2) is 176 Å². The summed E-state index contributed by atoms with van der Waals surface area (Å²) < 4.78 is 2.45. The van der Waals surface area contributed by atoms with E-state index in [2.05, 4.69) is 247 Å². The maximum Gasteiger partial charge on any atom is 0.181 e. The van der Waals surface area contributed by atoms with Crippen molar-refractivity contribution < 1.29 is 0 Å². The van der Waals surface area contributed by atoms with Gasteiger partial charge in [-0.15, -0.1) is 0 Å². The molecule has 328 valence electrons. The molecule has 0 amide bonds. The van der Waals surface area contributed by atoms with Gasteiger partial charge in [0.2, 0.25) is 0 Å². The molecule has 4 heterocycles. The van der Waals surface area contributed by atoms with Gasteiger partial charge >= 0.3 is 0 Å². The normalized spacial score (nSPS) is 14.5. The summed E-state index contributed by atoms with van der Waals surface area (Å²) in [4.78, 5) is 10.2. The number of hydrogen-bond acceptors (Lipinski definition) is 3. The minimum absolute atomic E-state index is 0.00536. The van der Waals surface area contributed by atoms with E-state index >= 15 is 0 Å². The number of anilines is 3. The first-order valence-electron chi connectivity index (χ1n) is 23.7. The number of para-hydroxylation sites is 2. The van der Waals surface area contributed by atoms with Gasteiger partial charge in [0.15, 0.2) is 8.07 Å². The van der Waals surface area contributed by atoms with Crippen LogP contribution in [0.2, 0.25) is 0 Å². The molecule has 11 rings (SSSR count). The summed E-state index contributed by atoms with van der Waals surface area (Å²) in [6, 6.07) is 65.2. The van der Waals surface area contributed by atoms with E-state index in [9.17, 15) is 0 Å². The van der Waals surface area contributed by atoms with Gasteiger partial charge < -0.3 is 9.80 Å². The van der Waals surface area contributed by atoms with Crippen molar-refractivity contribution in [3.05, 3.63) is 198 Å². The van der Waals surface area contributed by atoms with Gasteiger partial charge in [-0.25, -0.2) is 4.98 Å². The fraction of sp³-hybridized carbons (Fsp3) is 0.230. The summed E-state index contributed by atoms with van der Waals surface area (Å²) in [5, 5.41) is 8.19. The van der Waals surface area contributed by atoms with Crippen LogP contribution < -0.4 is 30.5 Å². The van der Waals surface area contributed by atoms with Crippen LogP contribution in [0, 0.1) is 0 Å². The summed E-state index contributed by atoms with van der Waals surface area (Å²) in [6.45, 7) is 22.5. The minimum Gasteiger partial charge on any atom is -0.347 e. The zero-order chi connectivity index (χ0) is 45.8. The smallest absolute Gasteiger partial charge is 0.181 e. The molecule has 2 aliphatic rings. The summed E-state index contributed by atoms with van der Waals surface area (Å²) in [7, 11) is -3.03. The predicted octanol–water partition coefficient (Wildman–Crippen LogP) is 12.5. The van der Waals surface area contributed by atoms with Crippen LogP contribution in [-0.2, 0) is 22.8 Å². The molecular formula is C61H60N4Si. The lowest BCUT2D eigenvalue weighted by molar-refractivity contribution is 0.588. The minimum atomic E-state index is -3.03. The molecule has 0 spiro atoms. The molecule has 0 N–H and O–H groups in total. The van der Waals surface area contributed by atoms with Crippen molar-refractivity contribution in [3.63, 3.8) is 0 Å². The highest BCUT2D eigenvalue weighted by molar-refractivity contribution is 7.22. The zero-order valence-corrected chi connectivity index (χ0v) is 40.9. The average Bonchev–Trinajstić information content (AvgIpc) is 3.94. The fourth-order valence-electron chi connectivity index (χ4n) is 10.9. The van der Waals surface area contributed by atoms with E-state index in [4.69, 9.17) is 4.98 Å². The average molecular weight is 877 g/mol. The van der Waals surface area contributed by atoms with Gasteiger partial charge in [-0.3, -0.25) is 4.57 Å². The predicted molar refractivity (Wildman–Crippen MR) is 283 cm³/mol. The Balaban J connectivity index is 1.20. The molecule has 0 unspecified atom stereocenters. The van der Waals surface area contributed by atoms with Crippen LogP contribution in [0.4, 0.5) is 17.1 Å². The van der Waals surface area contributed by atoms with Gasteiger partial charge in [-0.1, -0.05) is 178 Å². The molecule has 0 fully saturated rings. The van der Waals surface area contributed by atoms with Crippen LogP contribution >= 0.6 is 0 Å². The first-order chi connectivity index (χ1) is 31.6. The van der Waals surface area contributed by atoms with E-state index in [0.29, 0.717) is 0 Å². The summed E-state index contributed by atoms with van der Waals surface area (Å²) in [5.41, 5.74) is 13.9. The highest BCUT2D eigenvalue weighted by Crippen LogP contribution is 2.43. The van der Waals surface area contributed by atoms with E-state index in [1.165, 1.54) is 93.0 Å². The largest absolute Gasteiger partial charge is 0.347 e. The maximum absolute atomic E-state index is 5.15. The van der Waals surface area contributed by atoms with Gasteiger partial charge in [-0.2, -0.15) is 0 Å². The topological polar surface area (TPSA) is 24.3 Å². The molecule has 5 heteroatoms. The lowest BCUT2D eigenvalue weighted by Crippen LogP contribution is -2.73. The Morgan fingerprint density at radius 1 is 0.485 bits per heavy atom. The van der Waals surface area contributed by atoms with Gasteiger partial charge in [0, 0.05) is 29.2 Å². The number of fused-ring (bicyclic) bond motifs is 7. The van der Waals surface area contributed by atoms with Crippen molar-refractivity contribution in [3.8, 4) is 16.9 Å². The van der Waals surface area contributed by atoms with Gasteiger partial charge in [0.05, 0.1) is 29.1 Å². The van der Waals surface area contributed by atoms with Gasteiger partial charge in [0.1, 0.15) is 5.82 Å². The lowest BCUT2D eigenvalue weighted by atomic mass is 9.86. The molecule has 2 aromatic heterocycles. The number of aromatic nitrogens is 2. The number of hydrogen-bond donors (Lipinski definition) is 0. The van der Waals surface area contributed by atoms with Gasteiger partial charge in [0.25, 0.3) is 0 Å². The van der Waals surface area contributed by atoms with Crippen LogP contribution in [0.25, 0.3) is 38.8 Å². The third-order valence-electron chi connectivity index (χ3n) is 14.4. The highest BCUT2D eigenvalue weighted by atomic mass is 28.3. The van der Waals surface area contributed by atoms with Crippen LogP contribution in [-0.4, -0.2) is 24.3 Å². The van der Waals surface area contributed by atoms with Crippen molar-refractivity contribution in [1.29, 1.82) is 0 Å². The monoisotopic (exact) mass is 876 g/mol. The van der Waals surface area contributed by atoms with E-state index < -0.39 is 8.07 Å². The Bertz CT molecular complexity index is 3290. The van der Waals surface area contributed by atoms with E-state index in [-0.39, 0.29) is 16.2 Å². The third-order valence-corrected chi connectivity index (χ3v) is 19.2. The second-order valence-corrected chi connectivity index (χ2v) is 25.5. The number of pyridine rings is 1. The molecule has 0 radical (unpaired) electrons. The molecular weight excluding hydrogens is 817 g/mol. The summed E-state index contributed by atoms with van der Waals surface area (Å²) in [5.74, 6) is 0.954.